The van der Waals surface area contributed by atoms with Crippen LogP contribution < -0.4 is 16.6 Å². The van der Waals surface area contributed by atoms with Gasteiger partial charge in [-0.25, -0.2) is 4.68 Å². The van der Waals surface area contributed by atoms with Crippen molar-refractivity contribution in [3.8, 4) is 0 Å². The van der Waals surface area contributed by atoms with Crippen molar-refractivity contribution >= 4 is 11.5 Å². The van der Waals surface area contributed by atoms with E-state index in [9.17, 15) is 4.79 Å². The molecule has 0 bridgehead atoms. The highest BCUT2D eigenvalue weighted by molar-refractivity contribution is 5.61. The van der Waals surface area contributed by atoms with E-state index in [2.05, 4.69) is 12.4 Å². The second-order valence-corrected chi connectivity index (χ2v) is 6.35. The molecule has 0 radical (unpaired) electrons. The lowest BCUT2D eigenvalue weighted by molar-refractivity contribution is -0.916. The Kier molecular flexibility index (Phi) is 3.95. The van der Waals surface area contributed by atoms with Gasteiger partial charge in [-0.2, -0.15) is 0 Å². The van der Waals surface area contributed by atoms with Crippen LogP contribution in [-0.2, 0) is 17.8 Å². The molecule has 0 spiro atoms. The van der Waals surface area contributed by atoms with Gasteiger partial charge in [0.2, 0.25) is 0 Å². The molecule has 7 heteroatoms. The first-order valence-corrected chi connectivity index (χ1v) is 7.85. The van der Waals surface area contributed by atoms with Gasteiger partial charge < -0.3 is 20.3 Å². The van der Waals surface area contributed by atoms with Crippen LogP contribution in [0.2, 0.25) is 0 Å². The summed E-state index contributed by atoms with van der Waals surface area (Å²) in [6.07, 6.45) is 2.08. The minimum absolute atomic E-state index is 0.0535. The van der Waals surface area contributed by atoms with Crippen molar-refractivity contribution in [2.24, 2.45) is 0 Å². The lowest BCUT2D eigenvalue weighted by Crippen LogP contribution is -2.52. The van der Waals surface area contributed by atoms with E-state index in [1.165, 1.54) is 0 Å². The third kappa shape index (κ3) is 2.80. The van der Waals surface area contributed by atoms with Crippen LogP contribution in [0.1, 0.15) is 12.8 Å². The fourth-order valence-corrected chi connectivity index (χ4v) is 3.30. The summed E-state index contributed by atoms with van der Waals surface area (Å²) < 4.78 is 10.2. The van der Waals surface area contributed by atoms with Gasteiger partial charge >= 0.3 is 0 Å². The van der Waals surface area contributed by atoms with E-state index >= 15 is 0 Å². The molecule has 1 saturated heterocycles. The summed E-state index contributed by atoms with van der Waals surface area (Å²) in [4.78, 5) is 12.0. The predicted octanol–water partition coefficient (Wildman–Crippen LogP) is -0.0855. The first-order valence-electron chi connectivity index (χ1n) is 7.85. The summed E-state index contributed by atoms with van der Waals surface area (Å²) in [5.41, 5.74) is 6.24. The predicted molar refractivity (Wildman–Crippen MR) is 82.4 cm³/mol. The monoisotopic (exact) mass is 296 g/mol. The first kappa shape index (κ1) is 14.5. The number of hydrogen-bond donors (Lipinski definition) is 2. The van der Waals surface area contributed by atoms with E-state index in [-0.39, 0.29) is 5.56 Å². The van der Waals surface area contributed by atoms with Crippen LogP contribution >= 0.6 is 0 Å². The zero-order valence-electron chi connectivity index (χ0n) is 12.8. The summed E-state index contributed by atoms with van der Waals surface area (Å²) in [7, 11) is 2.29. The van der Waals surface area contributed by atoms with Crippen LogP contribution in [0, 0.1) is 0 Å². The highest BCUT2D eigenvalue weighted by Gasteiger charge is 2.25. The molecular weight excluding hydrogens is 270 g/mol. The quantitative estimate of drug-likeness (QED) is 0.588. The van der Waals surface area contributed by atoms with Gasteiger partial charge in [0, 0.05) is 26.1 Å². The second kappa shape index (κ2) is 5.73. The number of nitrogens with one attached hydrogen (secondary N) is 1. The smallest absolute Gasteiger partial charge is 0.292 e. The molecule has 3 heterocycles. The number of likely N-dealkylation sites (N-methyl/N-ethyl adjacent to an activating group) is 1. The normalized spacial score (nSPS) is 20.4. The summed E-state index contributed by atoms with van der Waals surface area (Å²) in [6.45, 7) is 7.52. The van der Waals surface area contributed by atoms with Gasteiger partial charge in [-0.15, -0.1) is 0 Å². The number of nitrogen functional groups attached to an aromatic ring is 1. The minimum atomic E-state index is -0.0535. The van der Waals surface area contributed by atoms with E-state index in [0.717, 1.165) is 75.6 Å². The largest absolute Gasteiger partial charge is 0.391 e. The molecule has 0 atom stereocenters. The van der Waals surface area contributed by atoms with E-state index in [1.54, 1.807) is 4.68 Å². The van der Waals surface area contributed by atoms with Crippen molar-refractivity contribution in [2.45, 2.75) is 25.9 Å². The third-order valence-electron chi connectivity index (χ3n) is 4.73. The maximum absolute atomic E-state index is 12.0. The molecule has 3 N–H and O–H groups in total. The van der Waals surface area contributed by atoms with Crippen LogP contribution in [0.15, 0.2) is 4.79 Å². The number of fused-ring (bicyclic) bond motifs is 1. The Labute approximate surface area is 124 Å². The fourth-order valence-electron chi connectivity index (χ4n) is 3.30. The summed E-state index contributed by atoms with van der Waals surface area (Å²) in [6, 6.07) is 0. The molecular formula is C14H26N5O2+. The minimum Gasteiger partial charge on any atom is -0.391 e. The molecule has 0 saturated carbocycles. The van der Waals surface area contributed by atoms with Gasteiger partial charge in [0.15, 0.2) is 0 Å². The van der Waals surface area contributed by atoms with Gasteiger partial charge in [-0.3, -0.25) is 9.48 Å². The van der Waals surface area contributed by atoms with E-state index in [4.69, 9.17) is 10.5 Å². The molecule has 118 valence electrons. The summed E-state index contributed by atoms with van der Waals surface area (Å²) >= 11 is 0. The Hall–Kier alpha value is -1.47. The molecule has 0 unspecified atom stereocenters. The fraction of sp³-hybridized carbons (Fsp3) is 0.786. The number of anilines is 2. The lowest BCUT2D eigenvalue weighted by Gasteiger charge is -2.37. The molecule has 21 heavy (non-hydrogen) atoms. The average Bonchev–Trinajstić information content (AvgIpc) is 3.02. The third-order valence-corrected chi connectivity index (χ3v) is 4.73. The topological polar surface area (TPSA) is 74.2 Å². The second-order valence-electron chi connectivity index (χ2n) is 6.35. The van der Waals surface area contributed by atoms with E-state index in [1.807, 2.05) is 4.68 Å². The standard InChI is InChI=1S/C14H25N5O2/c1-19(8-10-21-11-9-19)7-2-4-16-13-12(15)14(20)18-6-3-5-17(13)18/h2-11,15H2,1H3/p+1. The Balaban J connectivity index is 1.54. The number of morpholine rings is 1. The summed E-state index contributed by atoms with van der Waals surface area (Å²) in [5, 5.41) is 3.37. The SMILES string of the molecule is C[N+]1(CCCNc2c(N)c(=O)n3n2CCC3)CCOCC1. The maximum atomic E-state index is 12.0. The van der Waals surface area contributed by atoms with Gasteiger partial charge in [0.25, 0.3) is 5.56 Å². The molecule has 0 amide bonds. The average molecular weight is 296 g/mol. The molecule has 2 aliphatic heterocycles. The van der Waals surface area contributed by atoms with Crippen molar-refractivity contribution < 1.29 is 9.22 Å². The van der Waals surface area contributed by atoms with Gasteiger partial charge in [0.05, 0.1) is 26.8 Å². The lowest BCUT2D eigenvalue weighted by atomic mass is 10.3. The maximum Gasteiger partial charge on any atom is 0.292 e. The van der Waals surface area contributed by atoms with Crippen LogP contribution in [0.4, 0.5) is 11.5 Å². The molecule has 3 rings (SSSR count). The molecule has 0 aromatic carbocycles. The van der Waals surface area contributed by atoms with Crippen LogP contribution in [-0.4, -0.2) is 60.3 Å². The zero-order chi connectivity index (χ0) is 14.9. The van der Waals surface area contributed by atoms with Crippen LogP contribution in [0.5, 0.6) is 0 Å². The summed E-state index contributed by atoms with van der Waals surface area (Å²) in [5.74, 6) is 0.808. The Bertz CT molecular complexity index is 556. The number of ether oxygens (including phenoxy) is 1. The number of nitrogens with zero attached hydrogens (tertiary/aromatic N) is 3. The Morgan fingerprint density at radius 3 is 2.76 bits per heavy atom. The molecule has 1 fully saturated rings. The van der Waals surface area contributed by atoms with Crippen molar-refractivity contribution in [1.82, 2.24) is 9.36 Å². The number of hydrogen-bond acceptors (Lipinski definition) is 4. The zero-order valence-corrected chi connectivity index (χ0v) is 12.8. The molecule has 0 aliphatic carbocycles. The number of rotatable bonds is 5. The van der Waals surface area contributed by atoms with Gasteiger partial charge in [-0.1, -0.05) is 0 Å². The highest BCUT2D eigenvalue weighted by Crippen LogP contribution is 2.20. The van der Waals surface area contributed by atoms with E-state index < -0.39 is 0 Å². The first-order chi connectivity index (χ1) is 10.1. The van der Waals surface area contributed by atoms with Gasteiger partial charge in [-0.05, 0) is 6.42 Å². The molecule has 1 aromatic heterocycles. The van der Waals surface area contributed by atoms with Crippen molar-refractivity contribution in [3.63, 3.8) is 0 Å². The number of nitrogens with two attached hydrogens (primary N) is 1. The van der Waals surface area contributed by atoms with Crippen molar-refractivity contribution in [1.29, 1.82) is 0 Å². The Morgan fingerprint density at radius 2 is 2.00 bits per heavy atom. The van der Waals surface area contributed by atoms with E-state index in [0.29, 0.717) is 5.69 Å². The molecule has 1 aromatic rings. The Morgan fingerprint density at radius 1 is 1.29 bits per heavy atom. The van der Waals surface area contributed by atoms with Crippen LogP contribution in [0.25, 0.3) is 0 Å². The highest BCUT2D eigenvalue weighted by atomic mass is 16.5. The molecule has 7 nitrogen and oxygen atoms in total. The molecule has 2 aliphatic rings. The van der Waals surface area contributed by atoms with Crippen LogP contribution in [0.3, 0.4) is 0 Å². The van der Waals surface area contributed by atoms with Crippen molar-refractivity contribution in [3.05, 3.63) is 10.4 Å². The number of aromatic nitrogens is 2. The number of quaternary nitrogens is 1. The van der Waals surface area contributed by atoms with Gasteiger partial charge in [0.1, 0.15) is 24.6 Å². The van der Waals surface area contributed by atoms with Crippen molar-refractivity contribution in [2.75, 3.05) is 57.5 Å².